The highest BCUT2D eigenvalue weighted by Gasteiger charge is 2.19. The van der Waals surface area contributed by atoms with Crippen LogP contribution in [-0.2, 0) is 22.0 Å². The molecule has 1 heterocycles. The number of nitrogens with zero attached hydrogens (tertiary/aromatic N) is 1. The van der Waals surface area contributed by atoms with Crippen molar-refractivity contribution in [3.05, 3.63) is 76.0 Å². The van der Waals surface area contributed by atoms with Crippen molar-refractivity contribution in [2.45, 2.75) is 18.2 Å². The molecule has 1 atom stereocenters. The summed E-state index contributed by atoms with van der Waals surface area (Å²) >= 11 is 13.4. The van der Waals surface area contributed by atoms with Crippen LogP contribution in [0.25, 0.3) is 22.2 Å². The van der Waals surface area contributed by atoms with E-state index >= 15 is 0 Å². The summed E-state index contributed by atoms with van der Waals surface area (Å²) in [7, 11) is 0.604. The Morgan fingerprint density at radius 2 is 1.84 bits per heavy atom. The molecule has 3 aromatic carbocycles. The second kappa shape index (κ2) is 10.0. The number of aromatic amines is 1. The number of methoxy groups -OCH3 is 1. The maximum absolute atomic E-state index is 12.0. The predicted octanol–water partition coefficient (Wildman–Crippen LogP) is 6.24. The smallest absolute Gasteiger partial charge is 0.188 e. The Labute approximate surface area is 199 Å². The summed E-state index contributed by atoms with van der Waals surface area (Å²) in [5, 5.41) is 0.953. The number of fused-ring (bicyclic) bond motifs is 1. The van der Waals surface area contributed by atoms with Gasteiger partial charge >= 0.3 is 0 Å². The lowest BCUT2D eigenvalue weighted by atomic mass is 10.0. The number of imidazole rings is 1. The first-order chi connectivity index (χ1) is 15.5. The first-order valence-electron chi connectivity index (χ1n) is 10.1. The third-order valence-electron chi connectivity index (χ3n) is 5.03. The number of H-pyrrole nitrogens is 1. The van der Waals surface area contributed by atoms with Gasteiger partial charge in [0.2, 0.25) is 0 Å². The minimum Gasteiger partial charge on any atom is -0.467 e. The minimum atomic E-state index is -0.962. The van der Waals surface area contributed by atoms with Crippen LogP contribution in [0.2, 0.25) is 10.0 Å². The summed E-state index contributed by atoms with van der Waals surface area (Å²) in [5.41, 5.74) is 3.90. The molecule has 4 aromatic rings. The van der Waals surface area contributed by atoms with E-state index in [-0.39, 0.29) is 6.79 Å². The highest BCUT2D eigenvalue weighted by atomic mass is 35.5. The van der Waals surface area contributed by atoms with Crippen molar-refractivity contribution >= 4 is 45.0 Å². The van der Waals surface area contributed by atoms with Gasteiger partial charge in [-0.1, -0.05) is 60.5 Å². The summed E-state index contributed by atoms with van der Waals surface area (Å²) < 4.78 is 22.7. The topological polar surface area (TPSA) is 64.2 Å². The first kappa shape index (κ1) is 22.8. The van der Waals surface area contributed by atoms with Crippen molar-refractivity contribution in [1.82, 2.24) is 9.97 Å². The lowest BCUT2D eigenvalue weighted by Gasteiger charge is -2.13. The Bertz CT molecular complexity index is 1270. The van der Waals surface area contributed by atoms with Crippen LogP contribution >= 0.6 is 23.2 Å². The second-order valence-corrected chi connectivity index (χ2v) is 9.65. The van der Waals surface area contributed by atoms with Crippen molar-refractivity contribution < 1.29 is 13.7 Å². The molecule has 1 unspecified atom stereocenters. The molecule has 1 aromatic heterocycles. The molecule has 0 amide bonds. The fraction of sp³-hybridized carbons (Fsp3) is 0.208. The molecular weight excluding hydrogens is 467 g/mol. The molecule has 0 spiro atoms. The predicted molar refractivity (Wildman–Crippen MR) is 130 cm³/mol. The lowest BCUT2D eigenvalue weighted by molar-refractivity contribution is 0.0515. The summed E-state index contributed by atoms with van der Waals surface area (Å²) in [6.45, 7) is 2.02. The molecule has 4 rings (SSSR count). The Balaban J connectivity index is 1.69. The number of nitrogens with one attached hydrogen (secondary N) is 1. The number of ether oxygens (including phenoxy) is 2. The van der Waals surface area contributed by atoms with E-state index in [1.807, 2.05) is 61.5 Å². The summed E-state index contributed by atoms with van der Waals surface area (Å²) in [6.07, 6.45) is 0.588. The van der Waals surface area contributed by atoms with Gasteiger partial charge in [-0.05, 0) is 29.8 Å². The minimum absolute atomic E-state index is 0.117. The van der Waals surface area contributed by atoms with E-state index in [2.05, 4.69) is 4.98 Å². The van der Waals surface area contributed by atoms with Gasteiger partial charge in [-0.3, -0.25) is 4.21 Å². The van der Waals surface area contributed by atoms with E-state index in [1.165, 1.54) is 0 Å². The average Bonchev–Trinajstić information content (AvgIpc) is 3.20. The monoisotopic (exact) mass is 488 g/mol. The Hall–Kier alpha value is -2.38. The quantitative estimate of drug-likeness (QED) is 0.298. The molecule has 0 radical (unpaired) electrons. The molecule has 0 saturated heterocycles. The first-order valence-corrected chi connectivity index (χ1v) is 12.1. The summed E-state index contributed by atoms with van der Waals surface area (Å²) in [4.78, 5) is 8.87. The Morgan fingerprint density at radius 3 is 2.56 bits per heavy atom. The number of para-hydroxylation sites is 1. The van der Waals surface area contributed by atoms with Crippen LogP contribution in [0.15, 0.2) is 59.5 Å². The standard InChI is InChI=1S/C24H22Cl2N2O3S/c1-3-32(29)16-10-8-15(9-11-16)12-21-27-19-13-18(25)22(23(26)24(19)28-21)17-6-4-5-7-20(17)31-14-30-2/h4-11,13H,3,12,14H2,1-2H3,(H,27,28). The van der Waals surface area contributed by atoms with E-state index in [4.69, 9.17) is 37.7 Å². The van der Waals surface area contributed by atoms with Crippen LogP contribution in [0.5, 0.6) is 5.75 Å². The van der Waals surface area contributed by atoms with E-state index in [9.17, 15) is 4.21 Å². The molecule has 166 valence electrons. The summed E-state index contributed by atoms with van der Waals surface area (Å²) in [6, 6.07) is 17.1. The normalized spacial score (nSPS) is 12.2. The Morgan fingerprint density at radius 1 is 1.09 bits per heavy atom. The molecule has 32 heavy (non-hydrogen) atoms. The molecule has 0 aliphatic heterocycles. The maximum atomic E-state index is 12.0. The zero-order chi connectivity index (χ0) is 22.7. The van der Waals surface area contributed by atoms with Crippen LogP contribution in [0.1, 0.15) is 18.3 Å². The van der Waals surface area contributed by atoms with Crippen LogP contribution in [0.3, 0.4) is 0 Å². The number of aromatic nitrogens is 2. The summed E-state index contributed by atoms with van der Waals surface area (Å²) in [5.74, 6) is 1.99. The molecular formula is C24H22Cl2N2O3S. The highest BCUT2D eigenvalue weighted by molar-refractivity contribution is 7.85. The van der Waals surface area contributed by atoms with Crippen molar-refractivity contribution in [3.63, 3.8) is 0 Å². The van der Waals surface area contributed by atoms with Crippen LogP contribution in [-0.4, -0.2) is 33.8 Å². The fourth-order valence-corrected chi connectivity index (χ4v) is 4.98. The number of hydrogen-bond acceptors (Lipinski definition) is 4. The Kier molecular flexibility index (Phi) is 7.16. The average molecular weight is 489 g/mol. The van der Waals surface area contributed by atoms with Gasteiger partial charge in [0.25, 0.3) is 0 Å². The molecule has 8 heteroatoms. The molecule has 0 saturated carbocycles. The third kappa shape index (κ3) is 4.69. The van der Waals surface area contributed by atoms with Gasteiger partial charge < -0.3 is 14.5 Å². The van der Waals surface area contributed by atoms with Crippen molar-refractivity contribution in [2.24, 2.45) is 0 Å². The molecule has 0 bridgehead atoms. The van der Waals surface area contributed by atoms with Crippen molar-refractivity contribution in [2.75, 3.05) is 19.7 Å². The van der Waals surface area contributed by atoms with Crippen LogP contribution in [0.4, 0.5) is 0 Å². The number of halogens is 2. The number of hydrogen-bond donors (Lipinski definition) is 1. The van der Waals surface area contributed by atoms with E-state index < -0.39 is 10.8 Å². The van der Waals surface area contributed by atoms with E-state index in [0.717, 1.165) is 27.4 Å². The van der Waals surface area contributed by atoms with Crippen molar-refractivity contribution in [3.8, 4) is 16.9 Å². The third-order valence-corrected chi connectivity index (χ3v) is 7.02. The molecule has 0 fully saturated rings. The highest BCUT2D eigenvalue weighted by Crippen LogP contribution is 2.43. The van der Waals surface area contributed by atoms with Gasteiger partial charge in [0.15, 0.2) is 6.79 Å². The molecule has 0 aliphatic carbocycles. The van der Waals surface area contributed by atoms with Gasteiger partial charge in [0.1, 0.15) is 17.1 Å². The van der Waals surface area contributed by atoms with Gasteiger partial charge in [0, 0.05) is 35.3 Å². The molecule has 0 aliphatic rings. The molecule has 5 nitrogen and oxygen atoms in total. The van der Waals surface area contributed by atoms with Crippen molar-refractivity contribution in [1.29, 1.82) is 0 Å². The van der Waals surface area contributed by atoms with Gasteiger partial charge in [-0.2, -0.15) is 0 Å². The van der Waals surface area contributed by atoms with Gasteiger partial charge in [-0.15, -0.1) is 0 Å². The van der Waals surface area contributed by atoms with E-state index in [1.54, 1.807) is 7.11 Å². The van der Waals surface area contributed by atoms with Crippen LogP contribution in [0, 0.1) is 0 Å². The molecule has 1 N–H and O–H groups in total. The lowest BCUT2D eigenvalue weighted by Crippen LogP contribution is -2.00. The van der Waals surface area contributed by atoms with Gasteiger partial charge in [-0.25, -0.2) is 4.98 Å². The second-order valence-electron chi connectivity index (χ2n) is 7.13. The maximum Gasteiger partial charge on any atom is 0.188 e. The SMILES string of the molecule is CCS(=O)c1ccc(Cc2nc3c(Cl)c(-c4ccccc4OCOC)c(Cl)cc3[nH]2)cc1. The van der Waals surface area contributed by atoms with E-state index in [0.29, 0.717) is 39.0 Å². The largest absolute Gasteiger partial charge is 0.467 e. The number of benzene rings is 3. The van der Waals surface area contributed by atoms with Crippen LogP contribution < -0.4 is 4.74 Å². The zero-order valence-corrected chi connectivity index (χ0v) is 20.0. The fourth-order valence-electron chi connectivity index (χ4n) is 3.50. The van der Waals surface area contributed by atoms with Gasteiger partial charge in [0.05, 0.1) is 26.4 Å². The number of rotatable bonds is 8. The zero-order valence-electron chi connectivity index (χ0n) is 17.7.